The van der Waals surface area contributed by atoms with Crippen LogP contribution in [0.2, 0.25) is 0 Å². The molecule has 0 spiro atoms. The first kappa shape index (κ1) is 11.6. The summed E-state index contributed by atoms with van der Waals surface area (Å²) in [5.74, 6) is 0.649. The monoisotopic (exact) mass is 219 g/mol. The van der Waals surface area contributed by atoms with Crippen LogP contribution in [0.1, 0.15) is 35.6 Å². The van der Waals surface area contributed by atoms with Crippen molar-refractivity contribution in [2.75, 3.05) is 13.2 Å². The van der Waals surface area contributed by atoms with Crippen molar-refractivity contribution in [1.29, 1.82) is 0 Å². The lowest BCUT2D eigenvalue weighted by molar-refractivity contribution is 0.182. The van der Waals surface area contributed by atoms with Gasteiger partial charge in [-0.25, -0.2) is 0 Å². The molecule has 2 N–H and O–H groups in total. The van der Waals surface area contributed by atoms with Crippen LogP contribution in [0.5, 0.6) is 0 Å². The second kappa shape index (κ2) is 4.98. The fraction of sp³-hybridized carbons (Fsp3) is 0.571. The molecule has 2 unspecified atom stereocenters. The maximum absolute atomic E-state index is 6.26. The van der Waals surface area contributed by atoms with Crippen LogP contribution in [0, 0.1) is 19.8 Å². The predicted molar refractivity (Wildman–Crippen MR) is 66.4 cm³/mol. The Morgan fingerprint density at radius 3 is 2.56 bits per heavy atom. The van der Waals surface area contributed by atoms with Crippen LogP contribution < -0.4 is 5.73 Å². The van der Waals surface area contributed by atoms with E-state index in [1.807, 2.05) is 0 Å². The zero-order valence-corrected chi connectivity index (χ0v) is 10.2. The molecule has 2 rings (SSSR count). The van der Waals surface area contributed by atoms with Crippen molar-refractivity contribution in [2.24, 2.45) is 11.7 Å². The van der Waals surface area contributed by atoms with Gasteiger partial charge in [-0.05, 0) is 38.2 Å². The molecular weight excluding hydrogens is 198 g/mol. The number of hydrogen-bond acceptors (Lipinski definition) is 2. The van der Waals surface area contributed by atoms with Crippen LogP contribution in [-0.2, 0) is 4.74 Å². The van der Waals surface area contributed by atoms with Crippen molar-refractivity contribution >= 4 is 0 Å². The van der Waals surface area contributed by atoms with E-state index in [0.29, 0.717) is 5.92 Å². The van der Waals surface area contributed by atoms with E-state index in [1.54, 1.807) is 0 Å². The molecule has 0 bridgehead atoms. The predicted octanol–water partition coefficient (Wildman–Crippen LogP) is 2.73. The number of ether oxygens (including phenoxy) is 1. The van der Waals surface area contributed by atoms with Crippen molar-refractivity contribution in [3.63, 3.8) is 0 Å². The minimum Gasteiger partial charge on any atom is -0.381 e. The van der Waals surface area contributed by atoms with Crippen molar-refractivity contribution in [2.45, 2.75) is 32.7 Å². The van der Waals surface area contributed by atoms with Gasteiger partial charge >= 0.3 is 0 Å². The SMILES string of the molecule is Cc1cc(C)cc(C(N)CC2CCOC2)c1. The van der Waals surface area contributed by atoms with Crippen molar-refractivity contribution in [3.8, 4) is 0 Å². The molecule has 1 fully saturated rings. The molecule has 0 radical (unpaired) electrons. The Hall–Kier alpha value is -0.860. The van der Waals surface area contributed by atoms with E-state index in [9.17, 15) is 0 Å². The molecule has 88 valence electrons. The van der Waals surface area contributed by atoms with E-state index in [-0.39, 0.29) is 6.04 Å². The van der Waals surface area contributed by atoms with Gasteiger partial charge in [-0.1, -0.05) is 29.3 Å². The molecule has 1 aliphatic rings. The van der Waals surface area contributed by atoms with E-state index < -0.39 is 0 Å². The number of nitrogens with two attached hydrogens (primary N) is 1. The average molecular weight is 219 g/mol. The van der Waals surface area contributed by atoms with Gasteiger partial charge in [0.15, 0.2) is 0 Å². The molecule has 1 aliphatic heterocycles. The molecule has 1 heterocycles. The maximum atomic E-state index is 6.26. The Bertz CT molecular complexity index is 336. The fourth-order valence-electron chi connectivity index (χ4n) is 2.49. The zero-order valence-electron chi connectivity index (χ0n) is 10.2. The van der Waals surface area contributed by atoms with E-state index in [4.69, 9.17) is 10.5 Å². The van der Waals surface area contributed by atoms with Gasteiger partial charge < -0.3 is 10.5 Å². The Kier molecular flexibility index (Phi) is 3.62. The third kappa shape index (κ3) is 2.83. The summed E-state index contributed by atoms with van der Waals surface area (Å²) in [6.07, 6.45) is 2.21. The topological polar surface area (TPSA) is 35.2 Å². The van der Waals surface area contributed by atoms with Gasteiger partial charge in [0.1, 0.15) is 0 Å². The quantitative estimate of drug-likeness (QED) is 0.848. The Morgan fingerprint density at radius 2 is 2.00 bits per heavy atom. The number of rotatable bonds is 3. The zero-order chi connectivity index (χ0) is 11.5. The van der Waals surface area contributed by atoms with Gasteiger partial charge in [-0.3, -0.25) is 0 Å². The number of aryl methyl sites for hydroxylation is 2. The molecule has 16 heavy (non-hydrogen) atoms. The Morgan fingerprint density at radius 1 is 1.31 bits per heavy atom. The van der Waals surface area contributed by atoms with E-state index in [1.165, 1.54) is 23.1 Å². The molecule has 1 aromatic rings. The van der Waals surface area contributed by atoms with Gasteiger partial charge in [0.2, 0.25) is 0 Å². The molecule has 2 heteroatoms. The third-order valence-electron chi connectivity index (χ3n) is 3.28. The largest absolute Gasteiger partial charge is 0.381 e. The minimum atomic E-state index is 0.158. The molecule has 1 saturated heterocycles. The van der Waals surface area contributed by atoms with Crippen molar-refractivity contribution in [1.82, 2.24) is 0 Å². The summed E-state index contributed by atoms with van der Waals surface area (Å²) in [6, 6.07) is 6.75. The first-order valence-electron chi connectivity index (χ1n) is 6.06. The molecule has 0 amide bonds. The van der Waals surface area contributed by atoms with Crippen LogP contribution in [0.25, 0.3) is 0 Å². The van der Waals surface area contributed by atoms with E-state index in [2.05, 4.69) is 32.0 Å². The highest BCUT2D eigenvalue weighted by Gasteiger charge is 2.19. The summed E-state index contributed by atoms with van der Waals surface area (Å²) in [7, 11) is 0. The molecule has 1 aromatic carbocycles. The van der Waals surface area contributed by atoms with Crippen LogP contribution in [0.4, 0.5) is 0 Å². The summed E-state index contributed by atoms with van der Waals surface area (Å²) >= 11 is 0. The first-order valence-corrected chi connectivity index (χ1v) is 6.06. The van der Waals surface area contributed by atoms with Crippen LogP contribution in [-0.4, -0.2) is 13.2 Å². The molecular formula is C14H21NO. The molecule has 0 aliphatic carbocycles. The lowest BCUT2D eigenvalue weighted by Gasteiger charge is -2.17. The molecule has 0 aromatic heterocycles. The molecule has 0 saturated carbocycles. The molecule has 2 atom stereocenters. The average Bonchev–Trinajstić information content (AvgIpc) is 2.68. The first-order chi connectivity index (χ1) is 7.65. The van der Waals surface area contributed by atoms with Crippen LogP contribution >= 0.6 is 0 Å². The summed E-state index contributed by atoms with van der Waals surface area (Å²) < 4.78 is 5.39. The summed E-state index contributed by atoms with van der Waals surface area (Å²) in [6.45, 7) is 6.05. The highest BCUT2D eigenvalue weighted by molar-refractivity contribution is 5.30. The summed E-state index contributed by atoms with van der Waals surface area (Å²) in [5, 5.41) is 0. The third-order valence-corrected chi connectivity index (χ3v) is 3.28. The lowest BCUT2D eigenvalue weighted by atomic mass is 9.93. The standard InChI is InChI=1S/C14H21NO/c1-10-5-11(2)7-13(6-10)14(15)8-12-3-4-16-9-12/h5-7,12,14H,3-4,8-9,15H2,1-2H3. The highest BCUT2D eigenvalue weighted by atomic mass is 16.5. The number of benzene rings is 1. The second-order valence-corrected chi connectivity index (χ2v) is 4.99. The lowest BCUT2D eigenvalue weighted by Crippen LogP contribution is -2.16. The van der Waals surface area contributed by atoms with E-state index in [0.717, 1.165) is 19.6 Å². The van der Waals surface area contributed by atoms with Gasteiger partial charge in [-0.2, -0.15) is 0 Å². The fourth-order valence-corrected chi connectivity index (χ4v) is 2.49. The van der Waals surface area contributed by atoms with E-state index >= 15 is 0 Å². The van der Waals surface area contributed by atoms with Crippen LogP contribution in [0.15, 0.2) is 18.2 Å². The van der Waals surface area contributed by atoms with Gasteiger partial charge in [0.05, 0.1) is 0 Å². The highest BCUT2D eigenvalue weighted by Crippen LogP contribution is 2.25. The van der Waals surface area contributed by atoms with Gasteiger partial charge in [-0.15, -0.1) is 0 Å². The summed E-state index contributed by atoms with van der Waals surface area (Å²) in [4.78, 5) is 0. The van der Waals surface area contributed by atoms with Gasteiger partial charge in [0.25, 0.3) is 0 Å². The Balaban J connectivity index is 2.04. The minimum absolute atomic E-state index is 0.158. The second-order valence-electron chi connectivity index (χ2n) is 4.99. The maximum Gasteiger partial charge on any atom is 0.0495 e. The summed E-state index contributed by atoms with van der Waals surface area (Å²) in [5.41, 5.74) is 10.1. The van der Waals surface area contributed by atoms with Crippen LogP contribution in [0.3, 0.4) is 0 Å². The smallest absolute Gasteiger partial charge is 0.0495 e. The Labute approximate surface area is 97.8 Å². The van der Waals surface area contributed by atoms with Crippen molar-refractivity contribution < 1.29 is 4.74 Å². The normalized spacial score (nSPS) is 22.3. The number of hydrogen-bond donors (Lipinski definition) is 1. The van der Waals surface area contributed by atoms with Gasteiger partial charge in [0, 0.05) is 19.3 Å². The molecule has 2 nitrogen and oxygen atoms in total. The van der Waals surface area contributed by atoms with Crippen molar-refractivity contribution in [3.05, 3.63) is 34.9 Å².